The van der Waals surface area contributed by atoms with Crippen LogP contribution in [0.5, 0.6) is 5.75 Å². The largest absolute Gasteiger partial charge is 0.490 e. The van der Waals surface area contributed by atoms with Crippen LogP contribution in [-0.4, -0.2) is 25.1 Å². The monoisotopic (exact) mass is 273 g/mol. The van der Waals surface area contributed by atoms with Crippen molar-refractivity contribution >= 4 is 5.78 Å². The zero-order chi connectivity index (χ0) is 14.5. The van der Waals surface area contributed by atoms with E-state index in [0.29, 0.717) is 16.9 Å². The number of hydrogen-bond donors (Lipinski definition) is 0. The summed E-state index contributed by atoms with van der Waals surface area (Å²) in [5, 5.41) is 8.97. The molecule has 0 N–H and O–H groups in total. The highest BCUT2D eigenvalue weighted by atomic mass is 16.5. The number of carbonyl (C=O) groups excluding carboxylic acids is 1. The fourth-order valence-corrected chi connectivity index (χ4v) is 2.58. The first kappa shape index (κ1) is 14.5. The molecule has 0 spiro atoms. The SMILES string of the molecule is COC1CCCC(Oc2cc(C#N)ccc2C(C)=O)C1. The lowest BCUT2D eigenvalue weighted by atomic mass is 9.94. The van der Waals surface area contributed by atoms with Gasteiger partial charge in [-0.2, -0.15) is 5.26 Å². The molecule has 0 aliphatic heterocycles. The van der Waals surface area contributed by atoms with Crippen molar-refractivity contribution in [3.8, 4) is 11.8 Å². The van der Waals surface area contributed by atoms with Crippen LogP contribution in [0, 0.1) is 11.3 Å². The zero-order valence-electron chi connectivity index (χ0n) is 11.9. The molecular formula is C16H19NO3. The van der Waals surface area contributed by atoms with Gasteiger partial charge in [0, 0.05) is 13.5 Å². The lowest BCUT2D eigenvalue weighted by Gasteiger charge is -2.29. The van der Waals surface area contributed by atoms with Crippen molar-refractivity contribution in [2.24, 2.45) is 0 Å². The first-order chi connectivity index (χ1) is 9.63. The Morgan fingerprint density at radius 1 is 1.35 bits per heavy atom. The maximum atomic E-state index is 11.6. The molecule has 1 aliphatic carbocycles. The summed E-state index contributed by atoms with van der Waals surface area (Å²) in [6.07, 6.45) is 4.14. The fourth-order valence-electron chi connectivity index (χ4n) is 2.58. The summed E-state index contributed by atoms with van der Waals surface area (Å²) < 4.78 is 11.4. The normalized spacial score (nSPS) is 22.1. The van der Waals surface area contributed by atoms with E-state index in [1.54, 1.807) is 25.3 Å². The molecule has 0 bridgehead atoms. The molecule has 4 heteroatoms. The van der Waals surface area contributed by atoms with Crippen molar-refractivity contribution in [3.05, 3.63) is 29.3 Å². The van der Waals surface area contributed by atoms with E-state index in [2.05, 4.69) is 6.07 Å². The maximum Gasteiger partial charge on any atom is 0.163 e. The van der Waals surface area contributed by atoms with Crippen molar-refractivity contribution in [1.82, 2.24) is 0 Å². The molecular weight excluding hydrogens is 254 g/mol. The number of rotatable bonds is 4. The molecule has 4 nitrogen and oxygen atoms in total. The number of methoxy groups -OCH3 is 1. The van der Waals surface area contributed by atoms with Gasteiger partial charge in [-0.25, -0.2) is 0 Å². The lowest BCUT2D eigenvalue weighted by molar-refractivity contribution is 0.0207. The Balaban J connectivity index is 2.19. The van der Waals surface area contributed by atoms with Crippen LogP contribution in [0.3, 0.4) is 0 Å². The van der Waals surface area contributed by atoms with Crippen LogP contribution >= 0.6 is 0 Å². The van der Waals surface area contributed by atoms with Gasteiger partial charge in [-0.3, -0.25) is 4.79 Å². The predicted molar refractivity (Wildman–Crippen MR) is 74.8 cm³/mol. The average Bonchev–Trinajstić information content (AvgIpc) is 2.47. The van der Waals surface area contributed by atoms with E-state index < -0.39 is 0 Å². The van der Waals surface area contributed by atoms with Crippen LogP contribution in [0.25, 0.3) is 0 Å². The van der Waals surface area contributed by atoms with Gasteiger partial charge in [0.05, 0.1) is 23.3 Å². The summed E-state index contributed by atoms with van der Waals surface area (Å²) >= 11 is 0. The Morgan fingerprint density at radius 2 is 2.10 bits per heavy atom. The maximum absolute atomic E-state index is 11.6. The van der Waals surface area contributed by atoms with E-state index in [9.17, 15) is 4.79 Å². The second-order valence-corrected chi connectivity index (χ2v) is 5.14. The molecule has 2 rings (SSSR count). The van der Waals surface area contributed by atoms with Gasteiger partial charge in [-0.05, 0) is 44.4 Å². The molecule has 0 aromatic heterocycles. The van der Waals surface area contributed by atoms with E-state index in [1.807, 2.05) is 0 Å². The summed E-state index contributed by atoms with van der Waals surface area (Å²) in [4.78, 5) is 11.6. The predicted octanol–water partition coefficient (Wildman–Crippen LogP) is 3.10. The highest BCUT2D eigenvalue weighted by Gasteiger charge is 2.24. The minimum Gasteiger partial charge on any atom is -0.490 e. The minimum absolute atomic E-state index is 0.0424. The number of benzene rings is 1. The third-order valence-electron chi connectivity index (χ3n) is 3.69. The molecule has 1 fully saturated rings. The number of nitrogens with zero attached hydrogens (tertiary/aromatic N) is 1. The van der Waals surface area contributed by atoms with Crippen LogP contribution in [0.15, 0.2) is 18.2 Å². The number of ketones is 1. The van der Waals surface area contributed by atoms with E-state index in [0.717, 1.165) is 25.7 Å². The Hall–Kier alpha value is -1.86. The molecule has 2 atom stereocenters. The fraction of sp³-hybridized carbons (Fsp3) is 0.500. The first-order valence-electron chi connectivity index (χ1n) is 6.88. The van der Waals surface area contributed by atoms with Crippen molar-refractivity contribution in [2.75, 3.05) is 7.11 Å². The van der Waals surface area contributed by atoms with Crippen LogP contribution in [0.4, 0.5) is 0 Å². The van der Waals surface area contributed by atoms with E-state index in [4.69, 9.17) is 14.7 Å². The van der Waals surface area contributed by atoms with Gasteiger partial charge in [0.25, 0.3) is 0 Å². The van der Waals surface area contributed by atoms with Crippen molar-refractivity contribution in [3.63, 3.8) is 0 Å². The molecule has 20 heavy (non-hydrogen) atoms. The quantitative estimate of drug-likeness (QED) is 0.791. The second-order valence-electron chi connectivity index (χ2n) is 5.14. The summed E-state index contributed by atoms with van der Waals surface area (Å²) in [6.45, 7) is 1.51. The number of ether oxygens (including phenoxy) is 2. The van der Waals surface area contributed by atoms with E-state index in [-0.39, 0.29) is 18.0 Å². The number of Topliss-reactive ketones (excluding diaryl/α,β-unsaturated/α-hetero) is 1. The number of nitriles is 1. The minimum atomic E-state index is -0.0522. The molecule has 1 saturated carbocycles. The molecule has 1 aromatic rings. The number of hydrogen-bond acceptors (Lipinski definition) is 4. The number of carbonyl (C=O) groups is 1. The van der Waals surface area contributed by atoms with Gasteiger partial charge < -0.3 is 9.47 Å². The van der Waals surface area contributed by atoms with Gasteiger partial charge in [-0.1, -0.05) is 0 Å². The zero-order valence-corrected chi connectivity index (χ0v) is 11.9. The highest BCUT2D eigenvalue weighted by molar-refractivity contribution is 5.97. The standard InChI is InChI=1S/C16H19NO3/c1-11(18)15-7-6-12(10-17)8-16(15)20-14-5-3-4-13(9-14)19-2/h6-8,13-14H,3-5,9H2,1-2H3. The molecule has 106 valence electrons. The Morgan fingerprint density at radius 3 is 2.75 bits per heavy atom. The Bertz CT molecular complexity index is 533. The first-order valence-corrected chi connectivity index (χ1v) is 6.88. The third kappa shape index (κ3) is 3.37. The molecule has 0 saturated heterocycles. The van der Waals surface area contributed by atoms with Crippen molar-refractivity contribution in [2.45, 2.75) is 44.8 Å². The van der Waals surface area contributed by atoms with Crippen LogP contribution in [0.2, 0.25) is 0 Å². The Kier molecular flexibility index (Phi) is 4.75. The van der Waals surface area contributed by atoms with E-state index in [1.165, 1.54) is 6.92 Å². The average molecular weight is 273 g/mol. The molecule has 0 radical (unpaired) electrons. The van der Waals surface area contributed by atoms with Gasteiger partial charge in [-0.15, -0.1) is 0 Å². The summed E-state index contributed by atoms with van der Waals surface area (Å²) in [6, 6.07) is 7.02. The van der Waals surface area contributed by atoms with Crippen LogP contribution in [-0.2, 0) is 4.74 Å². The summed E-state index contributed by atoms with van der Waals surface area (Å²) in [5.74, 6) is 0.460. The smallest absolute Gasteiger partial charge is 0.163 e. The van der Waals surface area contributed by atoms with Crippen molar-refractivity contribution < 1.29 is 14.3 Å². The van der Waals surface area contributed by atoms with Crippen LogP contribution < -0.4 is 4.74 Å². The molecule has 1 aliphatic rings. The summed E-state index contributed by atoms with van der Waals surface area (Å²) in [7, 11) is 1.71. The lowest BCUT2D eigenvalue weighted by Crippen LogP contribution is -2.29. The van der Waals surface area contributed by atoms with Gasteiger partial charge in [0.1, 0.15) is 11.9 Å². The second kappa shape index (κ2) is 6.53. The van der Waals surface area contributed by atoms with Gasteiger partial charge >= 0.3 is 0 Å². The molecule has 0 heterocycles. The summed E-state index contributed by atoms with van der Waals surface area (Å²) in [5.41, 5.74) is 1.03. The molecule has 1 aromatic carbocycles. The van der Waals surface area contributed by atoms with Crippen LogP contribution in [0.1, 0.15) is 48.5 Å². The van der Waals surface area contributed by atoms with Gasteiger partial charge in [0.2, 0.25) is 0 Å². The molecule has 2 unspecified atom stereocenters. The third-order valence-corrected chi connectivity index (χ3v) is 3.69. The molecule has 0 amide bonds. The Labute approximate surface area is 119 Å². The van der Waals surface area contributed by atoms with E-state index >= 15 is 0 Å². The van der Waals surface area contributed by atoms with Crippen molar-refractivity contribution in [1.29, 1.82) is 5.26 Å². The van der Waals surface area contributed by atoms with Gasteiger partial charge in [0.15, 0.2) is 5.78 Å². The topological polar surface area (TPSA) is 59.3 Å². The highest BCUT2D eigenvalue weighted by Crippen LogP contribution is 2.28.